The molecule has 3 heterocycles. The summed E-state index contributed by atoms with van der Waals surface area (Å²) < 4.78 is 15.3. The Balaban J connectivity index is 1.39. The molecule has 0 spiro atoms. The topological polar surface area (TPSA) is 36.7 Å². The molecule has 0 radical (unpaired) electrons. The highest BCUT2D eigenvalue weighted by Crippen LogP contribution is 2.27. The molecule has 30 heavy (non-hydrogen) atoms. The largest absolute Gasteiger partial charge is 0.354 e. The van der Waals surface area contributed by atoms with Gasteiger partial charge in [-0.3, -0.25) is 4.90 Å². The van der Waals surface area contributed by atoms with Gasteiger partial charge in [0, 0.05) is 50.0 Å². The van der Waals surface area contributed by atoms with Gasteiger partial charge in [-0.15, -0.1) is 0 Å². The van der Waals surface area contributed by atoms with Crippen molar-refractivity contribution in [3.8, 4) is 11.1 Å². The molecule has 2 aromatic heterocycles. The van der Waals surface area contributed by atoms with E-state index < -0.39 is 0 Å². The first-order chi connectivity index (χ1) is 14.7. The van der Waals surface area contributed by atoms with Gasteiger partial charge in [0.2, 0.25) is 0 Å². The van der Waals surface area contributed by atoms with E-state index in [4.69, 9.17) is 4.98 Å². The minimum absolute atomic E-state index is 0.242. The van der Waals surface area contributed by atoms with Gasteiger partial charge in [0.15, 0.2) is 5.65 Å². The van der Waals surface area contributed by atoms with Gasteiger partial charge in [0.05, 0.1) is 6.20 Å². The van der Waals surface area contributed by atoms with Crippen LogP contribution in [0.25, 0.3) is 16.8 Å². The predicted octanol–water partition coefficient (Wildman–Crippen LogP) is 4.17. The fourth-order valence-corrected chi connectivity index (χ4v) is 4.10. The number of hydrogen-bond acceptors (Lipinski definition) is 4. The Bertz CT molecular complexity index is 1150. The van der Waals surface area contributed by atoms with Crippen molar-refractivity contribution < 1.29 is 4.39 Å². The molecule has 152 valence electrons. The molecule has 1 aliphatic rings. The summed E-state index contributed by atoms with van der Waals surface area (Å²) in [6.45, 7) is 6.88. The molecule has 5 nitrogen and oxygen atoms in total. The molecule has 0 unspecified atom stereocenters. The number of benzene rings is 2. The van der Waals surface area contributed by atoms with Crippen LogP contribution in [0.1, 0.15) is 11.3 Å². The highest BCUT2D eigenvalue weighted by molar-refractivity contribution is 5.78. The van der Waals surface area contributed by atoms with Crippen molar-refractivity contribution in [2.45, 2.75) is 13.5 Å². The Hall–Kier alpha value is -3.25. The summed E-state index contributed by atoms with van der Waals surface area (Å²) in [7, 11) is 0. The van der Waals surface area contributed by atoms with Gasteiger partial charge in [-0.2, -0.15) is 9.61 Å². The maximum atomic E-state index is 13.3. The van der Waals surface area contributed by atoms with Crippen molar-refractivity contribution in [2.75, 3.05) is 31.1 Å². The standard InChI is InChI=1S/C24H24FN5/c1-18-15-23(29-13-11-28(12-14-29)17-19-5-3-2-4-6-19)30-24(27-18)22(16-26-30)20-7-9-21(25)10-8-20/h2-10,15-16H,11-14,17H2,1H3. The average molecular weight is 401 g/mol. The smallest absolute Gasteiger partial charge is 0.165 e. The number of fused-ring (bicyclic) bond motifs is 1. The van der Waals surface area contributed by atoms with Crippen LogP contribution in [0.15, 0.2) is 66.9 Å². The van der Waals surface area contributed by atoms with E-state index in [1.165, 1.54) is 17.7 Å². The van der Waals surface area contributed by atoms with Crippen LogP contribution in [0.2, 0.25) is 0 Å². The molecule has 0 bridgehead atoms. The van der Waals surface area contributed by atoms with E-state index >= 15 is 0 Å². The molecule has 0 N–H and O–H groups in total. The van der Waals surface area contributed by atoms with Gasteiger partial charge in [-0.1, -0.05) is 42.5 Å². The van der Waals surface area contributed by atoms with Crippen molar-refractivity contribution in [3.63, 3.8) is 0 Å². The lowest BCUT2D eigenvalue weighted by atomic mass is 10.1. The van der Waals surface area contributed by atoms with E-state index in [9.17, 15) is 4.39 Å². The Kier molecular flexibility index (Phi) is 4.93. The van der Waals surface area contributed by atoms with Gasteiger partial charge in [0.1, 0.15) is 11.6 Å². The van der Waals surface area contributed by atoms with E-state index in [1.54, 1.807) is 12.1 Å². The maximum Gasteiger partial charge on any atom is 0.165 e. The van der Waals surface area contributed by atoms with Gasteiger partial charge < -0.3 is 4.90 Å². The molecule has 1 saturated heterocycles. The van der Waals surface area contributed by atoms with Crippen LogP contribution < -0.4 is 4.90 Å². The molecule has 5 rings (SSSR count). The summed E-state index contributed by atoms with van der Waals surface area (Å²) in [5.74, 6) is 0.818. The summed E-state index contributed by atoms with van der Waals surface area (Å²) in [5, 5.41) is 4.63. The van der Waals surface area contributed by atoms with Crippen molar-refractivity contribution in [1.29, 1.82) is 0 Å². The van der Waals surface area contributed by atoms with E-state index in [-0.39, 0.29) is 5.82 Å². The Morgan fingerprint density at radius 2 is 1.67 bits per heavy atom. The minimum Gasteiger partial charge on any atom is -0.354 e. The summed E-state index contributed by atoms with van der Waals surface area (Å²) in [5.41, 5.74) is 4.95. The van der Waals surface area contributed by atoms with E-state index in [0.29, 0.717) is 0 Å². The van der Waals surface area contributed by atoms with Crippen LogP contribution in [0.5, 0.6) is 0 Å². The number of halogens is 1. The number of rotatable bonds is 4. The molecular formula is C24H24FN5. The second-order valence-electron chi connectivity index (χ2n) is 7.81. The third-order valence-electron chi connectivity index (χ3n) is 5.68. The number of aromatic nitrogens is 3. The van der Waals surface area contributed by atoms with Gasteiger partial charge >= 0.3 is 0 Å². The second kappa shape index (κ2) is 7.88. The normalized spacial score (nSPS) is 15.1. The average Bonchev–Trinajstić information content (AvgIpc) is 3.19. The zero-order valence-corrected chi connectivity index (χ0v) is 17.0. The molecule has 1 fully saturated rings. The van der Waals surface area contributed by atoms with Crippen LogP contribution in [0, 0.1) is 12.7 Å². The van der Waals surface area contributed by atoms with Crippen LogP contribution >= 0.6 is 0 Å². The van der Waals surface area contributed by atoms with Crippen LogP contribution in [0.4, 0.5) is 10.2 Å². The minimum atomic E-state index is -0.242. The quantitative estimate of drug-likeness (QED) is 0.514. The van der Waals surface area contributed by atoms with E-state index in [2.05, 4.69) is 51.3 Å². The fraction of sp³-hybridized carbons (Fsp3) is 0.250. The van der Waals surface area contributed by atoms with Crippen molar-refractivity contribution in [2.24, 2.45) is 0 Å². The number of aryl methyl sites for hydroxylation is 1. The SMILES string of the molecule is Cc1cc(N2CCN(Cc3ccccc3)CC2)n2ncc(-c3ccc(F)cc3)c2n1. The summed E-state index contributed by atoms with van der Waals surface area (Å²) in [6.07, 6.45) is 1.82. The predicted molar refractivity (Wildman–Crippen MR) is 117 cm³/mol. The number of piperazine rings is 1. The molecule has 0 amide bonds. The molecule has 0 saturated carbocycles. The highest BCUT2D eigenvalue weighted by atomic mass is 19.1. The van der Waals surface area contributed by atoms with Crippen molar-refractivity contribution in [1.82, 2.24) is 19.5 Å². The lowest BCUT2D eigenvalue weighted by molar-refractivity contribution is 0.249. The van der Waals surface area contributed by atoms with Crippen LogP contribution in [0.3, 0.4) is 0 Å². The maximum absolute atomic E-state index is 13.3. The van der Waals surface area contributed by atoms with Crippen LogP contribution in [-0.4, -0.2) is 45.7 Å². The third-order valence-corrected chi connectivity index (χ3v) is 5.68. The lowest BCUT2D eigenvalue weighted by Crippen LogP contribution is -2.46. The van der Waals surface area contributed by atoms with Crippen molar-refractivity contribution in [3.05, 3.63) is 83.9 Å². The fourth-order valence-electron chi connectivity index (χ4n) is 4.10. The van der Waals surface area contributed by atoms with E-state index in [0.717, 1.165) is 61.0 Å². The Morgan fingerprint density at radius 3 is 2.40 bits per heavy atom. The van der Waals surface area contributed by atoms with Crippen LogP contribution in [-0.2, 0) is 6.54 Å². The molecular weight excluding hydrogens is 377 g/mol. The first kappa shape index (κ1) is 18.8. The number of hydrogen-bond donors (Lipinski definition) is 0. The summed E-state index contributed by atoms with van der Waals surface area (Å²) >= 11 is 0. The van der Waals surface area contributed by atoms with Gasteiger partial charge in [0.25, 0.3) is 0 Å². The first-order valence-corrected chi connectivity index (χ1v) is 10.3. The number of anilines is 1. The van der Waals surface area contributed by atoms with E-state index in [1.807, 2.05) is 17.6 Å². The molecule has 2 aromatic carbocycles. The molecule has 0 atom stereocenters. The zero-order chi connectivity index (χ0) is 20.5. The second-order valence-corrected chi connectivity index (χ2v) is 7.81. The van der Waals surface area contributed by atoms with Crippen molar-refractivity contribution >= 4 is 11.5 Å². The molecule has 6 heteroatoms. The molecule has 4 aromatic rings. The summed E-state index contributed by atoms with van der Waals surface area (Å²) in [6, 6.07) is 19.2. The van der Waals surface area contributed by atoms with Gasteiger partial charge in [-0.25, -0.2) is 9.37 Å². The summed E-state index contributed by atoms with van der Waals surface area (Å²) in [4.78, 5) is 9.60. The molecule has 0 aliphatic carbocycles. The lowest BCUT2D eigenvalue weighted by Gasteiger charge is -2.36. The Labute approximate surface area is 175 Å². The molecule has 1 aliphatic heterocycles. The zero-order valence-electron chi connectivity index (χ0n) is 17.0. The number of nitrogens with zero attached hydrogens (tertiary/aromatic N) is 5. The third kappa shape index (κ3) is 3.66. The van der Waals surface area contributed by atoms with Gasteiger partial charge in [-0.05, 0) is 30.2 Å². The monoisotopic (exact) mass is 401 g/mol. The highest BCUT2D eigenvalue weighted by Gasteiger charge is 2.21. The Morgan fingerprint density at radius 1 is 0.933 bits per heavy atom. The first-order valence-electron chi connectivity index (χ1n) is 10.3.